The van der Waals surface area contributed by atoms with Crippen molar-refractivity contribution in [1.29, 1.82) is 0 Å². The second-order valence-corrected chi connectivity index (χ2v) is 3.24. The third-order valence-corrected chi connectivity index (χ3v) is 2.51. The molecular formula is C10H9N2. The minimum Gasteiger partial charge on any atom is -0.330 e. The average molecular weight is 157 g/mol. The van der Waals surface area contributed by atoms with Gasteiger partial charge in [0.15, 0.2) is 0 Å². The number of aryl methyl sites for hydroxylation is 2. The molecule has 0 saturated heterocycles. The van der Waals surface area contributed by atoms with Crippen molar-refractivity contribution >= 4 is 11.0 Å². The SMILES string of the molecule is [c]1ccc2cc3n(c2n1)CCC3. The highest BCUT2D eigenvalue weighted by molar-refractivity contribution is 5.77. The number of hydrogen-bond acceptors (Lipinski definition) is 1. The molecule has 59 valence electrons. The topological polar surface area (TPSA) is 17.8 Å². The van der Waals surface area contributed by atoms with Gasteiger partial charge in [-0.25, -0.2) is 4.98 Å². The van der Waals surface area contributed by atoms with Gasteiger partial charge in [-0.3, -0.25) is 0 Å². The van der Waals surface area contributed by atoms with Crippen molar-refractivity contribution in [2.24, 2.45) is 0 Å². The number of aromatic nitrogens is 2. The molecule has 0 aliphatic carbocycles. The summed E-state index contributed by atoms with van der Waals surface area (Å²) < 4.78 is 2.30. The first kappa shape index (κ1) is 6.23. The summed E-state index contributed by atoms with van der Waals surface area (Å²) in [4.78, 5) is 4.25. The van der Waals surface area contributed by atoms with Crippen LogP contribution in [0.3, 0.4) is 0 Å². The highest BCUT2D eigenvalue weighted by Gasteiger charge is 2.13. The first-order chi connectivity index (χ1) is 5.95. The molecule has 0 fully saturated rings. The minimum absolute atomic E-state index is 1.10. The summed E-state index contributed by atoms with van der Waals surface area (Å²) in [6.45, 7) is 1.13. The summed E-state index contributed by atoms with van der Waals surface area (Å²) in [5, 5.41) is 1.25. The molecule has 12 heavy (non-hydrogen) atoms. The molecule has 0 atom stereocenters. The van der Waals surface area contributed by atoms with Crippen molar-refractivity contribution in [1.82, 2.24) is 9.55 Å². The summed E-state index contributed by atoms with van der Waals surface area (Å²) in [6, 6.07) is 6.19. The van der Waals surface area contributed by atoms with Gasteiger partial charge in [0.25, 0.3) is 0 Å². The Morgan fingerprint density at radius 2 is 2.50 bits per heavy atom. The molecule has 1 radical (unpaired) electrons. The molecular weight excluding hydrogens is 148 g/mol. The fourth-order valence-electron chi connectivity index (χ4n) is 1.96. The summed E-state index contributed by atoms with van der Waals surface area (Å²) in [6.07, 6.45) is 5.35. The van der Waals surface area contributed by atoms with E-state index in [0.717, 1.165) is 12.2 Å². The molecule has 0 aromatic carbocycles. The van der Waals surface area contributed by atoms with Crippen molar-refractivity contribution in [3.63, 3.8) is 0 Å². The van der Waals surface area contributed by atoms with Crippen LogP contribution in [0.15, 0.2) is 18.2 Å². The Bertz CT molecular complexity index is 428. The molecule has 0 spiro atoms. The van der Waals surface area contributed by atoms with E-state index in [9.17, 15) is 0 Å². The molecule has 2 aromatic rings. The van der Waals surface area contributed by atoms with Gasteiger partial charge in [0.1, 0.15) is 5.65 Å². The van der Waals surface area contributed by atoms with Crippen LogP contribution in [0.1, 0.15) is 12.1 Å². The second-order valence-electron chi connectivity index (χ2n) is 3.24. The maximum atomic E-state index is 4.25. The maximum absolute atomic E-state index is 4.25. The zero-order chi connectivity index (χ0) is 7.97. The van der Waals surface area contributed by atoms with Gasteiger partial charge < -0.3 is 4.57 Å². The smallest absolute Gasteiger partial charge is 0.140 e. The zero-order valence-corrected chi connectivity index (χ0v) is 6.75. The number of hydrogen-bond donors (Lipinski definition) is 0. The third kappa shape index (κ3) is 0.670. The highest BCUT2D eigenvalue weighted by atomic mass is 15.1. The summed E-state index contributed by atoms with van der Waals surface area (Å²) in [5.74, 6) is 0. The van der Waals surface area contributed by atoms with E-state index in [4.69, 9.17) is 0 Å². The molecule has 0 bridgehead atoms. The Kier molecular flexibility index (Phi) is 1.09. The predicted octanol–water partition coefficient (Wildman–Crippen LogP) is 1.78. The predicted molar refractivity (Wildman–Crippen MR) is 46.9 cm³/mol. The molecule has 1 aliphatic rings. The highest BCUT2D eigenvalue weighted by Crippen LogP contribution is 2.23. The van der Waals surface area contributed by atoms with E-state index in [1.54, 1.807) is 0 Å². The second kappa shape index (κ2) is 2.09. The molecule has 2 heteroatoms. The van der Waals surface area contributed by atoms with Crippen LogP contribution in [-0.2, 0) is 13.0 Å². The van der Waals surface area contributed by atoms with Gasteiger partial charge in [-0.1, -0.05) is 0 Å². The molecule has 2 nitrogen and oxygen atoms in total. The van der Waals surface area contributed by atoms with Gasteiger partial charge in [-0.15, -0.1) is 0 Å². The standard InChI is InChI=1S/C10H9N2/c1-3-8-7-9-4-2-6-12(9)10(8)11-5-1/h1,3,7H,2,4,6H2. The van der Waals surface area contributed by atoms with Gasteiger partial charge in [0, 0.05) is 17.6 Å². The lowest BCUT2D eigenvalue weighted by atomic mass is 10.2. The molecule has 2 aromatic heterocycles. The van der Waals surface area contributed by atoms with Crippen molar-refractivity contribution < 1.29 is 0 Å². The number of fused-ring (bicyclic) bond motifs is 3. The van der Waals surface area contributed by atoms with Crippen molar-refractivity contribution in [2.75, 3.05) is 0 Å². The van der Waals surface area contributed by atoms with Gasteiger partial charge >= 0.3 is 0 Å². The summed E-state index contributed by atoms with van der Waals surface area (Å²) in [5.41, 5.74) is 2.53. The van der Waals surface area contributed by atoms with Crippen LogP contribution in [0.25, 0.3) is 11.0 Å². The largest absolute Gasteiger partial charge is 0.330 e. The van der Waals surface area contributed by atoms with E-state index < -0.39 is 0 Å². The van der Waals surface area contributed by atoms with Crippen LogP contribution in [0, 0.1) is 6.20 Å². The lowest BCUT2D eigenvalue weighted by molar-refractivity contribution is 0.765. The van der Waals surface area contributed by atoms with E-state index in [2.05, 4.69) is 27.9 Å². The number of pyridine rings is 1. The van der Waals surface area contributed by atoms with Gasteiger partial charge in [-0.2, -0.15) is 0 Å². The van der Waals surface area contributed by atoms with Crippen LogP contribution in [0.5, 0.6) is 0 Å². The van der Waals surface area contributed by atoms with Gasteiger partial charge in [0.05, 0.1) is 6.20 Å². The Morgan fingerprint density at radius 3 is 3.50 bits per heavy atom. The first-order valence-electron chi connectivity index (χ1n) is 4.30. The summed E-state index contributed by atoms with van der Waals surface area (Å²) >= 11 is 0. The first-order valence-corrected chi connectivity index (χ1v) is 4.30. The molecule has 0 N–H and O–H groups in total. The van der Waals surface area contributed by atoms with Crippen LogP contribution in [0.4, 0.5) is 0 Å². The molecule has 0 saturated carbocycles. The van der Waals surface area contributed by atoms with E-state index in [1.165, 1.54) is 23.9 Å². The molecule has 0 amide bonds. The van der Waals surface area contributed by atoms with Crippen molar-refractivity contribution in [3.05, 3.63) is 30.1 Å². The van der Waals surface area contributed by atoms with Crippen molar-refractivity contribution in [2.45, 2.75) is 19.4 Å². The monoisotopic (exact) mass is 157 g/mol. The Hall–Kier alpha value is -1.31. The van der Waals surface area contributed by atoms with E-state index in [0.29, 0.717) is 0 Å². The Morgan fingerprint density at radius 1 is 1.50 bits per heavy atom. The van der Waals surface area contributed by atoms with Gasteiger partial charge in [-0.05, 0) is 31.0 Å². The van der Waals surface area contributed by atoms with E-state index in [1.807, 2.05) is 6.07 Å². The summed E-state index contributed by atoms with van der Waals surface area (Å²) in [7, 11) is 0. The quantitative estimate of drug-likeness (QED) is 0.570. The van der Waals surface area contributed by atoms with Crippen LogP contribution in [-0.4, -0.2) is 9.55 Å². The number of rotatable bonds is 0. The van der Waals surface area contributed by atoms with E-state index >= 15 is 0 Å². The fraction of sp³-hybridized carbons (Fsp3) is 0.300. The lowest BCUT2D eigenvalue weighted by Gasteiger charge is -1.96. The van der Waals surface area contributed by atoms with Gasteiger partial charge in [0.2, 0.25) is 0 Å². The number of nitrogens with zero attached hydrogens (tertiary/aromatic N) is 2. The minimum atomic E-state index is 1.10. The molecule has 1 aliphatic heterocycles. The lowest BCUT2D eigenvalue weighted by Crippen LogP contribution is -1.92. The van der Waals surface area contributed by atoms with E-state index in [-0.39, 0.29) is 0 Å². The van der Waals surface area contributed by atoms with Crippen LogP contribution < -0.4 is 0 Å². The Labute approximate surface area is 70.8 Å². The normalized spacial score (nSPS) is 15.3. The zero-order valence-electron chi connectivity index (χ0n) is 6.75. The fourth-order valence-corrected chi connectivity index (χ4v) is 1.96. The van der Waals surface area contributed by atoms with Crippen LogP contribution in [0.2, 0.25) is 0 Å². The molecule has 3 heterocycles. The Balaban J connectivity index is 2.44. The third-order valence-electron chi connectivity index (χ3n) is 2.51. The molecule has 0 unspecified atom stereocenters. The molecule has 3 rings (SSSR count). The maximum Gasteiger partial charge on any atom is 0.140 e. The van der Waals surface area contributed by atoms with Crippen molar-refractivity contribution in [3.8, 4) is 0 Å². The van der Waals surface area contributed by atoms with Crippen LogP contribution >= 0.6 is 0 Å². The average Bonchev–Trinajstić information content (AvgIpc) is 2.62.